The summed E-state index contributed by atoms with van der Waals surface area (Å²) in [4.78, 5) is 13.8. The topological polar surface area (TPSA) is 20.3 Å². The van der Waals surface area contributed by atoms with Crippen LogP contribution in [0.4, 0.5) is 0 Å². The van der Waals surface area contributed by atoms with Gasteiger partial charge in [-0.3, -0.25) is 9.69 Å². The summed E-state index contributed by atoms with van der Waals surface area (Å²) in [7, 11) is 3.85. The fraction of sp³-hybridized carbons (Fsp3) is 0.312. The van der Waals surface area contributed by atoms with E-state index in [-0.39, 0.29) is 11.8 Å². The van der Waals surface area contributed by atoms with Crippen LogP contribution >= 0.6 is 0 Å². The van der Waals surface area contributed by atoms with Gasteiger partial charge in [0.1, 0.15) is 0 Å². The van der Waals surface area contributed by atoms with Crippen molar-refractivity contribution in [3.8, 4) is 0 Å². The van der Waals surface area contributed by atoms with Gasteiger partial charge in [-0.1, -0.05) is 49.1 Å². The Morgan fingerprint density at radius 1 is 1.44 bits per heavy atom. The number of likely N-dealkylation sites (N-methyl/N-ethyl adjacent to an activating group) is 1. The maximum Gasteiger partial charge on any atom is 0.151 e. The lowest BCUT2D eigenvalue weighted by atomic mass is 9.92. The number of allylic oxidation sites excluding steroid dienone is 7. The molecule has 0 N–H and O–H groups in total. The molecule has 0 spiro atoms. The number of hydrogen-bond donors (Lipinski definition) is 0. The maximum absolute atomic E-state index is 11.9. The maximum atomic E-state index is 11.9. The highest BCUT2D eigenvalue weighted by atomic mass is 16.1. The van der Waals surface area contributed by atoms with Gasteiger partial charge < -0.3 is 0 Å². The average molecular weight is 243 g/mol. The van der Waals surface area contributed by atoms with Crippen LogP contribution in [0.25, 0.3) is 0 Å². The number of nitrogens with zero attached hydrogens (tertiary/aromatic N) is 1. The minimum absolute atomic E-state index is 0.152. The van der Waals surface area contributed by atoms with Crippen LogP contribution in [0.2, 0.25) is 0 Å². The van der Waals surface area contributed by atoms with Crippen molar-refractivity contribution in [2.24, 2.45) is 0 Å². The van der Waals surface area contributed by atoms with Crippen LogP contribution in [0.15, 0.2) is 60.3 Å². The Bertz CT molecular complexity index is 436. The van der Waals surface area contributed by atoms with E-state index in [0.717, 1.165) is 12.0 Å². The fourth-order valence-electron chi connectivity index (χ4n) is 2.13. The van der Waals surface area contributed by atoms with Crippen LogP contribution < -0.4 is 0 Å². The van der Waals surface area contributed by atoms with Crippen LogP contribution in [0.1, 0.15) is 13.3 Å². The molecule has 0 heterocycles. The van der Waals surface area contributed by atoms with E-state index >= 15 is 0 Å². The van der Waals surface area contributed by atoms with Gasteiger partial charge in [0.2, 0.25) is 0 Å². The molecule has 0 fully saturated rings. The number of carbonyl (C=O) groups is 1. The van der Waals surface area contributed by atoms with Gasteiger partial charge in [-0.05, 0) is 38.6 Å². The second-order valence-electron chi connectivity index (χ2n) is 4.54. The SMILES string of the molecule is C=CC=C/C(=C1/C=CC=CC1)C(C(C)=O)N(C)C. The van der Waals surface area contributed by atoms with E-state index in [4.69, 9.17) is 0 Å². The molecule has 0 saturated heterocycles. The van der Waals surface area contributed by atoms with Gasteiger partial charge in [0, 0.05) is 0 Å². The predicted molar refractivity (Wildman–Crippen MR) is 77.4 cm³/mol. The van der Waals surface area contributed by atoms with Gasteiger partial charge in [0.15, 0.2) is 5.78 Å². The Morgan fingerprint density at radius 2 is 2.17 bits per heavy atom. The zero-order chi connectivity index (χ0) is 13.5. The molecule has 0 aliphatic heterocycles. The number of Topliss-reactive ketones (excluding diaryl/α,β-unsaturated/α-hetero) is 1. The standard InChI is InChI=1S/C16H21NO/c1-5-6-12-15(14-10-8-7-9-11-14)16(13(2)18)17(3)4/h5-10,12,16H,1,11H2,2-4H3/b12-6?,15-14+. The highest BCUT2D eigenvalue weighted by Crippen LogP contribution is 2.22. The molecule has 0 bridgehead atoms. The van der Waals surface area contributed by atoms with Crippen LogP contribution in [0.5, 0.6) is 0 Å². The zero-order valence-electron chi connectivity index (χ0n) is 11.4. The first-order valence-corrected chi connectivity index (χ1v) is 6.10. The van der Waals surface area contributed by atoms with Gasteiger partial charge in [-0.25, -0.2) is 0 Å². The van der Waals surface area contributed by atoms with Crippen molar-refractivity contribution in [1.29, 1.82) is 0 Å². The number of rotatable bonds is 5. The minimum Gasteiger partial charge on any atom is -0.298 e. The largest absolute Gasteiger partial charge is 0.298 e. The Morgan fingerprint density at radius 3 is 2.61 bits per heavy atom. The van der Waals surface area contributed by atoms with Crippen LogP contribution in [-0.4, -0.2) is 30.8 Å². The lowest BCUT2D eigenvalue weighted by Crippen LogP contribution is -2.36. The van der Waals surface area contributed by atoms with E-state index in [9.17, 15) is 4.79 Å². The summed E-state index contributed by atoms with van der Waals surface area (Å²) in [5.41, 5.74) is 2.23. The number of ketones is 1. The first-order chi connectivity index (χ1) is 8.57. The molecule has 0 radical (unpaired) electrons. The molecule has 0 amide bonds. The molecule has 0 aromatic carbocycles. The third-order valence-electron chi connectivity index (χ3n) is 2.86. The van der Waals surface area contributed by atoms with E-state index < -0.39 is 0 Å². The molecule has 18 heavy (non-hydrogen) atoms. The van der Waals surface area contributed by atoms with Gasteiger partial charge in [-0.2, -0.15) is 0 Å². The number of carbonyl (C=O) groups excluding carboxylic acids is 1. The molecule has 0 aromatic rings. The van der Waals surface area contributed by atoms with Crippen LogP contribution in [0, 0.1) is 0 Å². The van der Waals surface area contributed by atoms with E-state index in [1.807, 2.05) is 43.3 Å². The van der Waals surface area contributed by atoms with Gasteiger partial charge in [-0.15, -0.1) is 0 Å². The van der Waals surface area contributed by atoms with Gasteiger partial charge in [0.05, 0.1) is 6.04 Å². The molecule has 1 aliphatic carbocycles. The predicted octanol–water partition coefficient (Wildman–Crippen LogP) is 3.06. The van der Waals surface area contributed by atoms with E-state index in [1.54, 1.807) is 13.0 Å². The first kappa shape index (κ1) is 14.4. The highest BCUT2D eigenvalue weighted by Gasteiger charge is 2.22. The Balaban J connectivity index is 3.23. The molecule has 0 saturated carbocycles. The van der Waals surface area contributed by atoms with Crippen molar-refractivity contribution in [3.05, 3.63) is 60.3 Å². The van der Waals surface area contributed by atoms with Crippen molar-refractivity contribution in [2.45, 2.75) is 19.4 Å². The van der Waals surface area contributed by atoms with Crippen molar-refractivity contribution < 1.29 is 4.79 Å². The highest BCUT2D eigenvalue weighted by molar-refractivity contribution is 5.86. The summed E-state index contributed by atoms with van der Waals surface area (Å²) in [6, 6.07) is -0.202. The molecule has 0 aromatic heterocycles. The normalized spacial score (nSPS) is 19.3. The summed E-state index contributed by atoms with van der Waals surface area (Å²) in [5.74, 6) is 0.152. The summed E-state index contributed by atoms with van der Waals surface area (Å²) >= 11 is 0. The van der Waals surface area contributed by atoms with Crippen LogP contribution in [-0.2, 0) is 4.79 Å². The minimum atomic E-state index is -0.202. The molecule has 2 nitrogen and oxygen atoms in total. The van der Waals surface area contributed by atoms with Crippen molar-refractivity contribution >= 4 is 5.78 Å². The number of hydrogen-bond acceptors (Lipinski definition) is 2. The third kappa shape index (κ3) is 3.67. The monoisotopic (exact) mass is 243 g/mol. The fourth-order valence-corrected chi connectivity index (χ4v) is 2.13. The van der Waals surface area contributed by atoms with Crippen LogP contribution in [0.3, 0.4) is 0 Å². The van der Waals surface area contributed by atoms with Gasteiger partial charge >= 0.3 is 0 Å². The van der Waals surface area contributed by atoms with Gasteiger partial charge in [0.25, 0.3) is 0 Å². The first-order valence-electron chi connectivity index (χ1n) is 6.10. The third-order valence-corrected chi connectivity index (χ3v) is 2.86. The molecular weight excluding hydrogens is 222 g/mol. The summed E-state index contributed by atoms with van der Waals surface area (Å²) in [5, 5.41) is 0. The summed E-state index contributed by atoms with van der Waals surface area (Å²) in [6.07, 6.45) is 14.7. The second-order valence-corrected chi connectivity index (χ2v) is 4.54. The quantitative estimate of drug-likeness (QED) is 0.692. The lowest BCUT2D eigenvalue weighted by molar-refractivity contribution is -0.120. The van der Waals surface area contributed by atoms with Crippen molar-refractivity contribution in [3.63, 3.8) is 0 Å². The second kappa shape index (κ2) is 6.92. The average Bonchev–Trinajstić information content (AvgIpc) is 2.34. The zero-order valence-corrected chi connectivity index (χ0v) is 11.4. The molecule has 2 heteroatoms. The van der Waals surface area contributed by atoms with E-state index in [0.29, 0.717) is 0 Å². The molecule has 1 aliphatic rings. The Hall–Kier alpha value is -1.67. The van der Waals surface area contributed by atoms with Crippen molar-refractivity contribution in [1.82, 2.24) is 4.90 Å². The summed E-state index contributed by atoms with van der Waals surface area (Å²) in [6.45, 7) is 5.32. The van der Waals surface area contributed by atoms with E-state index in [1.165, 1.54) is 5.57 Å². The molecular formula is C16H21NO. The smallest absolute Gasteiger partial charge is 0.151 e. The molecule has 1 rings (SSSR count). The molecule has 96 valence electrons. The molecule has 1 unspecified atom stereocenters. The Labute approximate surface area is 110 Å². The Kier molecular flexibility index (Phi) is 5.53. The van der Waals surface area contributed by atoms with Crippen molar-refractivity contribution in [2.75, 3.05) is 14.1 Å². The molecule has 1 atom stereocenters. The summed E-state index contributed by atoms with van der Waals surface area (Å²) < 4.78 is 0. The van der Waals surface area contributed by atoms with E-state index in [2.05, 4.69) is 18.7 Å². The lowest BCUT2D eigenvalue weighted by Gasteiger charge is -2.25.